The van der Waals surface area contributed by atoms with Gasteiger partial charge in [0.05, 0.1) is 30.0 Å². The van der Waals surface area contributed by atoms with Crippen LogP contribution in [-0.4, -0.2) is 71.8 Å². The van der Waals surface area contributed by atoms with Crippen molar-refractivity contribution in [2.24, 2.45) is 5.10 Å². The van der Waals surface area contributed by atoms with Gasteiger partial charge in [0.1, 0.15) is 11.6 Å². The SMILES string of the molecule is Fc1cccc(Cl)c1-c1nc(NCCN2CCOCC2)nc(NN=Cc2ccc(OC(F)(F)F)cc2)n1. The van der Waals surface area contributed by atoms with Crippen LogP contribution in [0.5, 0.6) is 5.75 Å². The third kappa shape index (κ3) is 7.97. The molecule has 1 fully saturated rings. The third-order valence-electron chi connectivity index (χ3n) is 5.13. The van der Waals surface area contributed by atoms with Crippen LogP contribution in [0.2, 0.25) is 5.02 Å². The fourth-order valence-corrected chi connectivity index (χ4v) is 3.65. The van der Waals surface area contributed by atoms with E-state index in [2.05, 4.69) is 40.4 Å². The monoisotopic (exact) mass is 539 g/mol. The Bertz CT molecular complexity index is 1200. The number of nitrogens with one attached hydrogen (secondary N) is 2. The van der Waals surface area contributed by atoms with Gasteiger partial charge in [0.2, 0.25) is 11.9 Å². The van der Waals surface area contributed by atoms with Crippen molar-refractivity contribution in [1.82, 2.24) is 19.9 Å². The molecule has 37 heavy (non-hydrogen) atoms. The molecule has 0 bridgehead atoms. The second kappa shape index (κ2) is 12.1. The fraction of sp³-hybridized carbons (Fsp3) is 0.304. The number of morpholine rings is 1. The van der Waals surface area contributed by atoms with E-state index in [-0.39, 0.29) is 34.1 Å². The van der Waals surface area contributed by atoms with Crippen molar-refractivity contribution >= 4 is 29.7 Å². The Hall–Kier alpha value is -3.55. The highest BCUT2D eigenvalue weighted by atomic mass is 35.5. The summed E-state index contributed by atoms with van der Waals surface area (Å²) in [5, 5.41) is 7.26. The minimum absolute atomic E-state index is 0.00155. The van der Waals surface area contributed by atoms with E-state index in [4.69, 9.17) is 16.3 Å². The van der Waals surface area contributed by atoms with E-state index in [9.17, 15) is 17.6 Å². The normalized spacial score (nSPS) is 14.6. The molecule has 0 radical (unpaired) electrons. The molecule has 0 atom stereocenters. The maximum atomic E-state index is 14.5. The summed E-state index contributed by atoms with van der Waals surface area (Å²) in [6.45, 7) is 4.22. The maximum Gasteiger partial charge on any atom is 0.573 e. The van der Waals surface area contributed by atoms with Gasteiger partial charge in [-0.1, -0.05) is 17.7 Å². The van der Waals surface area contributed by atoms with Gasteiger partial charge in [-0.3, -0.25) is 4.90 Å². The van der Waals surface area contributed by atoms with Crippen LogP contribution in [-0.2, 0) is 4.74 Å². The van der Waals surface area contributed by atoms with Gasteiger partial charge in [-0.05, 0) is 42.0 Å². The smallest absolute Gasteiger partial charge is 0.406 e. The van der Waals surface area contributed by atoms with E-state index in [0.717, 1.165) is 31.8 Å². The van der Waals surface area contributed by atoms with Gasteiger partial charge in [-0.15, -0.1) is 13.2 Å². The number of anilines is 2. The molecule has 3 aromatic rings. The zero-order chi connectivity index (χ0) is 26.3. The number of ether oxygens (including phenoxy) is 2. The molecule has 2 heterocycles. The van der Waals surface area contributed by atoms with E-state index >= 15 is 0 Å². The first kappa shape index (κ1) is 26.5. The lowest BCUT2D eigenvalue weighted by molar-refractivity contribution is -0.274. The molecule has 0 unspecified atom stereocenters. The molecule has 0 spiro atoms. The Balaban J connectivity index is 1.49. The van der Waals surface area contributed by atoms with Crippen molar-refractivity contribution in [3.05, 3.63) is 58.9 Å². The second-order valence-electron chi connectivity index (χ2n) is 7.77. The topological polar surface area (TPSA) is 96.8 Å². The first-order valence-corrected chi connectivity index (χ1v) is 11.5. The van der Waals surface area contributed by atoms with Crippen LogP contribution < -0.4 is 15.5 Å². The minimum atomic E-state index is -4.78. The maximum absolute atomic E-state index is 14.5. The number of aromatic nitrogens is 3. The highest BCUT2D eigenvalue weighted by Crippen LogP contribution is 2.29. The van der Waals surface area contributed by atoms with Crippen LogP contribution in [0.15, 0.2) is 47.6 Å². The standard InChI is InChI=1S/C23H22ClF4N7O2/c24-17-2-1-3-18(25)19(17)20-31-21(29-8-9-35-10-12-36-13-11-35)33-22(32-20)34-30-14-15-4-6-16(7-5-15)37-23(26,27)28/h1-7,14H,8-13H2,(H2,29,31,32,33,34). The molecule has 1 aromatic heterocycles. The molecule has 4 rings (SSSR count). The Kier molecular flexibility index (Phi) is 8.69. The van der Waals surface area contributed by atoms with Crippen molar-refractivity contribution in [2.45, 2.75) is 6.36 Å². The predicted octanol–water partition coefficient (Wildman–Crippen LogP) is 4.42. The van der Waals surface area contributed by atoms with Crippen molar-refractivity contribution in [3.63, 3.8) is 0 Å². The van der Waals surface area contributed by atoms with Crippen LogP contribution in [0.1, 0.15) is 5.56 Å². The molecular weight excluding hydrogens is 518 g/mol. The van der Waals surface area contributed by atoms with Crippen molar-refractivity contribution < 1.29 is 27.0 Å². The number of hydrogen-bond donors (Lipinski definition) is 2. The Morgan fingerprint density at radius 2 is 1.78 bits per heavy atom. The van der Waals surface area contributed by atoms with Crippen molar-refractivity contribution in [3.8, 4) is 17.1 Å². The summed E-state index contributed by atoms with van der Waals surface area (Å²) in [6.07, 6.45) is -3.43. The van der Waals surface area contributed by atoms with Crippen LogP contribution in [0.3, 0.4) is 0 Å². The molecule has 9 nitrogen and oxygen atoms in total. The van der Waals surface area contributed by atoms with Crippen LogP contribution in [0, 0.1) is 5.82 Å². The van der Waals surface area contributed by atoms with Gasteiger partial charge in [-0.25, -0.2) is 9.82 Å². The van der Waals surface area contributed by atoms with Gasteiger partial charge < -0.3 is 14.8 Å². The predicted molar refractivity (Wildman–Crippen MR) is 130 cm³/mol. The van der Waals surface area contributed by atoms with Gasteiger partial charge in [-0.2, -0.15) is 20.1 Å². The molecule has 0 aliphatic carbocycles. The first-order valence-electron chi connectivity index (χ1n) is 11.2. The van der Waals surface area contributed by atoms with Gasteiger partial charge >= 0.3 is 6.36 Å². The Morgan fingerprint density at radius 1 is 1.05 bits per heavy atom. The van der Waals surface area contributed by atoms with E-state index < -0.39 is 12.2 Å². The van der Waals surface area contributed by atoms with Crippen molar-refractivity contribution in [2.75, 3.05) is 50.1 Å². The van der Waals surface area contributed by atoms with E-state index in [1.54, 1.807) is 0 Å². The number of halogens is 5. The number of benzene rings is 2. The summed E-state index contributed by atoms with van der Waals surface area (Å²) in [5.74, 6) is -0.767. The lowest BCUT2D eigenvalue weighted by atomic mass is 10.2. The lowest BCUT2D eigenvalue weighted by Crippen LogP contribution is -2.39. The summed E-state index contributed by atoms with van der Waals surface area (Å²) in [4.78, 5) is 15.0. The molecule has 1 aliphatic rings. The summed E-state index contributed by atoms with van der Waals surface area (Å²) < 4.78 is 60.7. The van der Waals surface area contributed by atoms with E-state index in [0.29, 0.717) is 25.3 Å². The first-order chi connectivity index (χ1) is 17.8. The number of hydrogen-bond acceptors (Lipinski definition) is 9. The molecular formula is C23H22ClF4N7O2. The van der Waals surface area contributed by atoms with E-state index in [1.807, 2.05) is 0 Å². The van der Waals surface area contributed by atoms with Crippen LogP contribution >= 0.6 is 11.6 Å². The molecule has 14 heteroatoms. The van der Waals surface area contributed by atoms with Crippen molar-refractivity contribution in [1.29, 1.82) is 0 Å². The summed E-state index contributed by atoms with van der Waals surface area (Å²) in [7, 11) is 0. The number of hydrazone groups is 1. The molecule has 1 aliphatic heterocycles. The summed E-state index contributed by atoms with van der Waals surface area (Å²) >= 11 is 6.20. The third-order valence-corrected chi connectivity index (χ3v) is 5.44. The van der Waals surface area contributed by atoms with E-state index in [1.165, 1.54) is 36.5 Å². The number of alkyl halides is 3. The molecule has 0 amide bonds. The Labute approximate surface area is 214 Å². The van der Waals surface area contributed by atoms with Gasteiger partial charge in [0.25, 0.3) is 0 Å². The quantitative estimate of drug-likeness (QED) is 0.234. The molecule has 2 aromatic carbocycles. The molecule has 1 saturated heterocycles. The number of nitrogens with zero attached hydrogens (tertiary/aromatic N) is 5. The Morgan fingerprint density at radius 3 is 2.49 bits per heavy atom. The van der Waals surface area contributed by atoms with Crippen LogP contribution in [0.25, 0.3) is 11.4 Å². The van der Waals surface area contributed by atoms with Gasteiger partial charge in [0, 0.05) is 26.2 Å². The lowest BCUT2D eigenvalue weighted by Gasteiger charge is -2.26. The molecule has 2 N–H and O–H groups in total. The number of rotatable bonds is 9. The fourth-order valence-electron chi connectivity index (χ4n) is 3.40. The zero-order valence-corrected chi connectivity index (χ0v) is 20.1. The largest absolute Gasteiger partial charge is 0.573 e. The minimum Gasteiger partial charge on any atom is -0.406 e. The molecule has 196 valence electrons. The van der Waals surface area contributed by atoms with Gasteiger partial charge in [0.15, 0.2) is 5.82 Å². The average Bonchev–Trinajstić information content (AvgIpc) is 2.85. The highest BCUT2D eigenvalue weighted by molar-refractivity contribution is 6.33. The average molecular weight is 540 g/mol. The van der Waals surface area contributed by atoms with Crippen LogP contribution in [0.4, 0.5) is 29.5 Å². The second-order valence-corrected chi connectivity index (χ2v) is 8.18. The summed E-state index contributed by atoms with van der Waals surface area (Å²) in [6, 6.07) is 9.34. The molecule has 0 saturated carbocycles. The highest BCUT2D eigenvalue weighted by Gasteiger charge is 2.30. The summed E-state index contributed by atoms with van der Waals surface area (Å²) in [5.41, 5.74) is 3.13. The zero-order valence-electron chi connectivity index (χ0n) is 19.3.